The van der Waals surface area contributed by atoms with Crippen LogP contribution in [0.2, 0.25) is 0 Å². The minimum Gasteiger partial charge on any atom is -0.366 e. The van der Waals surface area contributed by atoms with E-state index in [-0.39, 0.29) is 5.91 Å². The molecule has 0 aromatic rings. The molecule has 2 heteroatoms. The summed E-state index contributed by atoms with van der Waals surface area (Å²) in [6.07, 6.45) is 6.87. The predicted molar refractivity (Wildman–Crippen MR) is 56.3 cm³/mol. The van der Waals surface area contributed by atoms with E-state index in [1.165, 1.54) is 19.3 Å². The molecular formula is C11H21NO. The van der Waals surface area contributed by atoms with Crippen LogP contribution < -0.4 is 5.73 Å². The molecule has 0 fully saturated rings. The Labute approximate surface area is 81.2 Å². The fraction of sp³-hybridized carbons (Fsp3) is 0.727. The number of nitrogens with two attached hydrogens (primary N) is 1. The van der Waals surface area contributed by atoms with Crippen LogP contribution in [0.15, 0.2) is 11.6 Å². The molecule has 0 saturated carbocycles. The van der Waals surface area contributed by atoms with Gasteiger partial charge >= 0.3 is 0 Å². The van der Waals surface area contributed by atoms with Crippen LogP contribution >= 0.6 is 0 Å². The maximum absolute atomic E-state index is 10.7. The van der Waals surface area contributed by atoms with Gasteiger partial charge in [0, 0.05) is 5.57 Å². The van der Waals surface area contributed by atoms with E-state index in [0.717, 1.165) is 6.42 Å². The van der Waals surface area contributed by atoms with E-state index >= 15 is 0 Å². The molecule has 0 spiro atoms. The van der Waals surface area contributed by atoms with Gasteiger partial charge in [0.15, 0.2) is 0 Å². The summed E-state index contributed by atoms with van der Waals surface area (Å²) in [7, 11) is 0. The molecule has 1 amide bonds. The summed E-state index contributed by atoms with van der Waals surface area (Å²) in [6, 6.07) is 0. The number of unbranched alkanes of at least 4 members (excludes halogenated alkanes) is 2. The predicted octanol–water partition coefficient (Wildman–Crippen LogP) is 2.63. The van der Waals surface area contributed by atoms with Crippen molar-refractivity contribution in [3.63, 3.8) is 0 Å². The highest BCUT2D eigenvalue weighted by molar-refractivity contribution is 5.91. The van der Waals surface area contributed by atoms with E-state index in [1.807, 2.05) is 6.08 Å². The van der Waals surface area contributed by atoms with Crippen LogP contribution in [0.5, 0.6) is 0 Å². The fourth-order valence-corrected chi connectivity index (χ4v) is 1.31. The lowest BCUT2D eigenvalue weighted by Gasteiger charge is -2.06. The average Bonchev–Trinajstić information content (AvgIpc) is 2.04. The summed E-state index contributed by atoms with van der Waals surface area (Å²) in [5, 5.41) is 0. The molecule has 0 aromatic carbocycles. The van der Waals surface area contributed by atoms with Crippen LogP contribution in [0.25, 0.3) is 0 Å². The Bertz CT molecular complexity index is 185. The van der Waals surface area contributed by atoms with Crippen molar-refractivity contribution in [2.45, 2.75) is 46.5 Å². The number of rotatable bonds is 6. The van der Waals surface area contributed by atoms with Crippen molar-refractivity contribution in [1.82, 2.24) is 0 Å². The normalized spacial score (nSPS) is 14.2. The van der Waals surface area contributed by atoms with E-state index in [0.29, 0.717) is 11.5 Å². The van der Waals surface area contributed by atoms with Gasteiger partial charge in [0.25, 0.3) is 0 Å². The highest BCUT2D eigenvalue weighted by Gasteiger charge is 2.01. The summed E-state index contributed by atoms with van der Waals surface area (Å²) in [5.41, 5.74) is 5.82. The van der Waals surface area contributed by atoms with Gasteiger partial charge in [-0.25, -0.2) is 0 Å². The van der Waals surface area contributed by atoms with Gasteiger partial charge < -0.3 is 5.73 Å². The van der Waals surface area contributed by atoms with Crippen molar-refractivity contribution >= 4 is 5.91 Å². The zero-order valence-corrected chi connectivity index (χ0v) is 8.97. The molecule has 76 valence electrons. The highest BCUT2D eigenvalue weighted by atomic mass is 16.1. The monoisotopic (exact) mass is 183 g/mol. The molecular weight excluding hydrogens is 162 g/mol. The first-order valence-electron chi connectivity index (χ1n) is 5.06. The Kier molecular flexibility index (Phi) is 6.29. The molecule has 2 N–H and O–H groups in total. The first kappa shape index (κ1) is 12.2. The van der Waals surface area contributed by atoms with Crippen molar-refractivity contribution in [3.05, 3.63) is 11.6 Å². The van der Waals surface area contributed by atoms with Crippen molar-refractivity contribution in [3.8, 4) is 0 Å². The van der Waals surface area contributed by atoms with Gasteiger partial charge in [-0.2, -0.15) is 0 Å². The Balaban J connectivity index is 3.78. The van der Waals surface area contributed by atoms with E-state index in [4.69, 9.17) is 5.73 Å². The van der Waals surface area contributed by atoms with Crippen LogP contribution in [-0.2, 0) is 4.79 Å². The zero-order chi connectivity index (χ0) is 10.3. The number of hydrogen-bond acceptors (Lipinski definition) is 1. The lowest BCUT2D eigenvalue weighted by Crippen LogP contribution is -2.12. The number of carbonyl (C=O) groups is 1. The van der Waals surface area contributed by atoms with Gasteiger partial charge in [0.2, 0.25) is 5.91 Å². The second-order valence-corrected chi connectivity index (χ2v) is 3.69. The van der Waals surface area contributed by atoms with Gasteiger partial charge in [-0.3, -0.25) is 4.79 Å². The van der Waals surface area contributed by atoms with Gasteiger partial charge in [-0.15, -0.1) is 0 Å². The van der Waals surface area contributed by atoms with E-state index < -0.39 is 0 Å². The molecule has 0 aliphatic heterocycles. The lowest BCUT2D eigenvalue weighted by molar-refractivity contribution is -0.114. The third kappa shape index (κ3) is 6.38. The molecule has 0 bridgehead atoms. The molecule has 0 saturated heterocycles. The Morgan fingerprint density at radius 2 is 2.08 bits per heavy atom. The maximum atomic E-state index is 10.7. The molecule has 0 aromatic heterocycles. The van der Waals surface area contributed by atoms with Crippen molar-refractivity contribution < 1.29 is 4.79 Å². The minimum absolute atomic E-state index is 0.303. The standard InChI is InChI=1S/C11H21NO/c1-4-5-6-7-9(2)8-10(3)11(12)13/h8-9H,4-7H2,1-3H3,(H2,12,13). The van der Waals surface area contributed by atoms with Crippen LogP contribution in [0, 0.1) is 5.92 Å². The van der Waals surface area contributed by atoms with Crippen molar-refractivity contribution in [2.24, 2.45) is 11.7 Å². The number of hydrogen-bond donors (Lipinski definition) is 1. The maximum Gasteiger partial charge on any atom is 0.244 e. The van der Waals surface area contributed by atoms with Gasteiger partial charge in [0.1, 0.15) is 0 Å². The van der Waals surface area contributed by atoms with Crippen molar-refractivity contribution in [2.75, 3.05) is 0 Å². The smallest absolute Gasteiger partial charge is 0.244 e. The molecule has 1 atom stereocenters. The lowest BCUT2D eigenvalue weighted by atomic mass is 10.0. The first-order valence-corrected chi connectivity index (χ1v) is 5.06. The summed E-state index contributed by atoms with van der Waals surface area (Å²) in [6.45, 7) is 6.09. The second-order valence-electron chi connectivity index (χ2n) is 3.69. The minimum atomic E-state index is -0.303. The number of carbonyl (C=O) groups excluding carboxylic acids is 1. The number of primary amides is 1. The SMILES string of the molecule is CCCCCC(C)C=C(C)C(N)=O. The molecule has 0 aliphatic rings. The Morgan fingerprint density at radius 1 is 1.46 bits per heavy atom. The third-order valence-corrected chi connectivity index (χ3v) is 2.19. The zero-order valence-electron chi connectivity index (χ0n) is 8.97. The molecule has 1 unspecified atom stereocenters. The van der Waals surface area contributed by atoms with Gasteiger partial charge in [0.05, 0.1) is 0 Å². The topological polar surface area (TPSA) is 43.1 Å². The van der Waals surface area contributed by atoms with E-state index in [1.54, 1.807) is 6.92 Å². The van der Waals surface area contributed by atoms with E-state index in [2.05, 4.69) is 13.8 Å². The Morgan fingerprint density at radius 3 is 2.54 bits per heavy atom. The molecule has 0 radical (unpaired) electrons. The van der Waals surface area contributed by atoms with Crippen LogP contribution in [0.4, 0.5) is 0 Å². The molecule has 0 aliphatic carbocycles. The highest BCUT2D eigenvalue weighted by Crippen LogP contribution is 2.12. The molecule has 2 nitrogen and oxygen atoms in total. The summed E-state index contributed by atoms with van der Waals surface area (Å²) < 4.78 is 0. The van der Waals surface area contributed by atoms with Crippen LogP contribution in [0.1, 0.15) is 46.5 Å². The van der Waals surface area contributed by atoms with Crippen LogP contribution in [-0.4, -0.2) is 5.91 Å². The van der Waals surface area contributed by atoms with Crippen LogP contribution in [0.3, 0.4) is 0 Å². The summed E-state index contributed by atoms with van der Waals surface area (Å²) in [4.78, 5) is 10.7. The summed E-state index contributed by atoms with van der Waals surface area (Å²) >= 11 is 0. The molecule has 0 rings (SSSR count). The second kappa shape index (κ2) is 6.70. The quantitative estimate of drug-likeness (QED) is 0.499. The molecule has 0 heterocycles. The number of amides is 1. The van der Waals surface area contributed by atoms with Gasteiger partial charge in [-0.1, -0.05) is 39.2 Å². The molecule has 13 heavy (non-hydrogen) atoms. The first-order chi connectivity index (χ1) is 6.07. The van der Waals surface area contributed by atoms with Crippen molar-refractivity contribution in [1.29, 1.82) is 0 Å². The third-order valence-electron chi connectivity index (χ3n) is 2.19. The summed E-state index contributed by atoms with van der Waals surface area (Å²) in [5.74, 6) is 0.168. The number of allylic oxidation sites excluding steroid dienone is 1. The largest absolute Gasteiger partial charge is 0.366 e. The fourth-order valence-electron chi connectivity index (χ4n) is 1.31. The Hall–Kier alpha value is -0.790. The van der Waals surface area contributed by atoms with E-state index in [9.17, 15) is 4.79 Å². The van der Waals surface area contributed by atoms with Gasteiger partial charge in [-0.05, 0) is 19.3 Å². The average molecular weight is 183 g/mol.